The third-order valence-electron chi connectivity index (χ3n) is 4.47. The summed E-state index contributed by atoms with van der Waals surface area (Å²) in [4.78, 5) is 47.8. The number of carbonyl (C=O) groups excluding carboxylic acids is 4. The van der Waals surface area contributed by atoms with Crippen LogP contribution in [0.2, 0.25) is 0 Å². The Hall–Kier alpha value is -3.00. The second kappa shape index (κ2) is 13.4. The van der Waals surface area contributed by atoms with Gasteiger partial charge in [0.1, 0.15) is 0 Å². The SMILES string of the molecule is CCCCCOC(=O)c1ccc(NC(=O)CCC(=O)OCC(=O)c2ccc(Br)cc2)cc1. The molecule has 0 saturated heterocycles. The summed E-state index contributed by atoms with van der Waals surface area (Å²) in [7, 11) is 0. The first-order valence-corrected chi connectivity index (χ1v) is 11.2. The Labute approximate surface area is 195 Å². The Balaban J connectivity index is 1.69. The van der Waals surface area contributed by atoms with Crippen molar-refractivity contribution in [3.63, 3.8) is 0 Å². The first-order valence-electron chi connectivity index (χ1n) is 10.4. The van der Waals surface area contributed by atoms with Crippen molar-refractivity contribution in [2.75, 3.05) is 18.5 Å². The van der Waals surface area contributed by atoms with Gasteiger partial charge in [0.15, 0.2) is 12.4 Å². The van der Waals surface area contributed by atoms with Crippen molar-refractivity contribution in [1.29, 1.82) is 0 Å². The maximum atomic E-state index is 12.0. The number of anilines is 1. The number of rotatable bonds is 12. The van der Waals surface area contributed by atoms with E-state index < -0.39 is 11.9 Å². The number of esters is 2. The van der Waals surface area contributed by atoms with E-state index in [-0.39, 0.29) is 31.1 Å². The van der Waals surface area contributed by atoms with Gasteiger partial charge in [-0.25, -0.2) is 4.79 Å². The van der Waals surface area contributed by atoms with Crippen molar-refractivity contribution in [2.45, 2.75) is 39.0 Å². The maximum Gasteiger partial charge on any atom is 0.338 e. The molecular weight excluding hydrogens is 478 g/mol. The lowest BCUT2D eigenvalue weighted by molar-refractivity contribution is -0.143. The van der Waals surface area contributed by atoms with Crippen LogP contribution in [0, 0.1) is 0 Å². The molecule has 7 nitrogen and oxygen atoms in total. The van der Waals surface area contributed by atoms with Crippen LogP contribution in [0.5, 0.6) is 0 Å². The lowest BCUT2D eigenvalue weighted by Crippen LogP contribution is -2.17. The first-order chi connectivity index (χ1) is 15.4. The van der Waals surface area contributed by atoms with Gasteiger partial charge in [0.05, 0.1) is 18.6 Å². The molecule has 1 amide bonds. The second-order valence-corrected chi connectivity index (χ2v) is 7.97. The molecule has 0 aliphatic rings. The molecule has 0 saturated carbocycles. The quantitative estimate of drug-likeness (QED) is 0.250. The van der Waals surface area contributed by atoms with Crippen LogP contribution in [-0.2, 0) is 19.1 Å². The molecule has 0 atom stereocenters. The standard InChI is InChI=1S/C24H26BrNO6/c1-2-3-4-15-31-24(30)18-7-11-20(12-8-18)26-22(28)13-14-23(29)32-16-21(27)17-5-9-19(25)10-6-17/h5-12H,2-4,13-16H2,1H3,(H,26,28). The zero-order valence-corrected chi connectivity index (χ0v) is 19.5. The van der Waals surface area contributed by atoms with Gasteiger partial charge in [0.2, 0.25) is 5.91 Å². The average Bonchev–Trinajstić information content (AvgIpc) is 2.79. The molecular formula is C24H26BrNO6. The number of hydrogen-bond acceptors (Lipinski definition) is 6. The number of benzene rings is 2. The van der Waals surface area contributed by atoms with Crippen LogP contribution in [0.25, 0.3) is 0 Å². The van der Waals surface area contributed by atoms with Crippen LogP contribution < -0.4 is 5.32 Å². The van der Waals surface area contributed by atoms with Crippen LogP contribution in [-0.4, -0.2) is 36.8 Å². The topological polar surface area (TPSA) is 98.8 Å². The zero-order chi connectivity index (χ0) is 23.3. The van der Waals surface area contributed by atoms with Gasteiger partial charge < -0.3 is 14.8 Å². The molecule has 0 heterocycles. The number of hydrogen-bond donors (Lipinski definition) is 1. The van der Waals surface area contributed by atoms with Gasteiger partial charge in [0, 0.05) is 22.1 Å². The minimum Gasteiger partial charge on any atom is -0.462 e. The Morgan fingerprint density at radius 1 is 0.844 bits per heavy atom. The van der Waals surface area contributed by atoms with E-state index in [1.165, 1.54) is 0 Å². The summed E-state index contributed by atoms with van der Waals surface area (Å²) in [6, 6.07) is 13.0. The van der Waals surface area contributed by atoms with E-state index in [0.717, 1.165) is 23.7 Å². The average molecular weight is 504 g/mol. The number of ether oxygens (including phenoxy) is 2. The van der Waals surface area contributed by atoms with E-state index in [9.17, 15) is 19.2 Å². The smallest absolute Gasteiger partial charge is 0.338 e. The number of halogens is 1. The molecule has 32 heavy (non-hydrogen) atoms. The highest BCUT2D eigenvalue weighted by molar-refractivity contribution is 9.10. The monoisotopic (exact) mass is 503 g/mol. The van der Waals surface area contributed by atoms with Gasteiger partial charge in [0.25, 0.3) is 0 Å². The number of nitrogens with one attached hydrogen (secondary N) is 1. The van der Waals surface area contributed by atoms with Crippen LogP contribution in [0.3, 0.4) is 0 Å². The Morgan fingerprint density at radius 3 is 2.16 bits per heavy atom. The molecule has 0 fully saturated rings. The second-order valence-electron chi connectivity index (χ2n) is 7.06. The summed E-state index contributed by atoms with van der Waals surface area (Å²) >= 11 is 3.28. The zero-order valence-electron chi connectivity index (χ0n) is 17.9. The van der Waals surface area contributed by atoms with E-state index in [1.807, 2.05) is 0 Å². The number of amides is 1. The fourth-order valence-electron chi connectivity index (χ4n) is 2.67. The first kappa shape index (κ1) is 25.3. The third kappa shape index (κ3) is 9.01. The summed E-state index contributed by atoms with van der Waals surface area (Å²) in [6.07, 6.45) is 2.65. The number of ketones is 1. The molecule has 2 rings (SSSR count). The highest BCUT2D eigenvalue weighted by atomic mass is 79.9. The van der Waals surface area contributed by atoms with Gasteiger partial charge in [-0.3, -0.25) is 14.4 Å². The van der Waals surface area contributed by atoms with Crippen LogP contribution in [0.1, 0.15) is 59.7 Å². The molecule has 0 spiro atoms. The predicted octanol–water partition coefficient (Wildman–Crippen LogP) is 4.94. The van der Waals surface area contributed by atoms with E-state index >= 15 is 0 Å². The number of Topliss-reactive ketones (excluding diaryl/α,β-unsaturated/α-hetero) is 1. The van der Waals surface area contributed by atoms with Crippen molar-refractivity contribution in [3.8, 4) is 0 Å². The minimum absolute atomic E-state index is 0.0907. The molecule has 170 valence electrons. The largest absolute Gasteiger partial charge is 0.462 e. The highest BCUT2D eigenvalue weighted by Crippen LogP contribution is 2.13. The molecule has 2 aromatic rings. The normalized spacial score (nSPS) is 10.3. The Morgan fingerprint density at radius 2 is 1.50 bits per heavy atom. The van der Waals surface area contributed by atoms with Gasteiger partial charge in [-0.2, -0.15) is 0 Å². The predicted molar refractivity (Wildman–Crippen MR) is 124 cm³/mol. The summed E-state index contributed by atoms with van der Waals surface area (Å²) in [5.74, 6) is -1.73. The summed E-state index contributed by atoms with van der Waals surface area (Å²) in [5.41, 5.74) is 1.34. The fourth-order valence-corrected chi connectivity index (χ4v) is 2.93. The van der Waals surface area contributed by atoms with Gasteiger partial charge in [-0.1, -0.05) is 47.8 Å². The van der Waals surface area contributed by atoms with Crippen LogP contribution in [0.15, 0.2) is 53.0 Å². The fraction of sp³-hybridized carbons (Fsp3) is 0.333. The molecule has 0 aromatic heterocycles. The molecule has 0 bridgehead atoms. The Kier molecular flexibility index (Phi) is 10.6. The molecule has 0 unspecified atom stereocenters. The lowest BCUT2D eigenvalue weighted by Gasteiger charge is -2.08. The number of carbonyl (C=O) groups is 4. The van der Waals surface area contributed by atoms with Gasteiger partial charge in [-0.05, 0) is 42.8 Å². The van der Waals surface area contributed by atoms with E-state index in [4.69, 9.17) is 9.47 Å². The molecule has 0 aliphatic carbocycles. The van der Waals surface area contributed by atoms with Gasteiger partial charge in [-0.15, -0.1) is 0 Å². The van der Waals surface area contributed by atoms with Crippen molar-refractivity contribution < 1.29 is 28.7 Å². The lowest BCUT2D eigenvalue weighted by atomic mass is 10.1. The van der Waals surface area contributed by atoms with Crippen molar-refractivity contribution in [2.24, 2.45) is 0 Å². The summed E-state index contributed by atoms with van der Waals surface area (Å²) in [5, 5.41) is 2.65. The molecule has 1 N–H and O–H groups in total. The van der Waals surface area contributed by atoms with Crippen molar-refractivity contribution >= 4 is 45.2 Å². The number of unbranched alkanes of at least 4 members (excludes halogenated alkanes) is 2. The third-order valence-corrected chi connectivity index (χ3v) is 5.00. The van der Waals surface area contributed by atoms with E-state index in [2.05, 4.69) is 28.2 Å². The molecule has 8 heteroatoms. The van der Waals surface area contributed by atoms with Crippen molar-refractivity contribution in [3.05, 3.63) is 64.1 Å². The Bertz CT molecular complexity index is 925. The van der Waals surface area contributed by atoms with Crippen molar-refractivity contribution in [1.82, 2.24) is 0 Å². The molecule has 0 aliphatic heterocycles. The highest BCUT2D eigenvalue weighted by Gasteiger charge is 2.13. The maximum absolute atomic E-state index is 12.0. The summed E-state index contributed by atoms with van der Waals surface area (Å²) in [6.45, 7) is 2.08. The molecule has 2 aromatic carbocycles. The van der Waals surface area contributed by atoms with E-state index in [1.54, 1.807) is 48.5 Å². The summed E-state index contributed by atoms with van der Waals surface area (Å²) < 4.78 is 11.0. The molecule has 0 radical (unpaired) electrons. The van der Waals surface area contributed by atoms with Gasteiger partial charge >= 0.3 is 11.9 Å². The van der Waals surface area contributed by atoms with Crippen LogP contribution >= 0.6 is 15.9 Å². The minimum atomic E-state index is -0.633. The van der Waals surface area contributed by atoms with E-state index in [0.29, 0.717) is 23.4 Å². The van der Waals surface area contributed by atoms with Crippen LogP contribution in [0.4, 0.5) is 5.69 Å².